The van der Waals surface area contributed by atoms with Crippen molar-refractivity contribution in [3.05, 3.63) is 78.9 Å². The first-order chi connectivity index (χ1) is 10.9. The topological polar surface area (TPSA) is 3.88 Å². The van der Waals surface area contributed by atoms with Gasteiger partial charge in [-0.05, 0) is 18.4 Å². The number of aromatic nitrogens is 1. The molecule has 0 aliphatic rings. The van der Waals surface area contributed by atoms with Gasteiger partial charge in [0.1, 0.15) is 0 Å². The van der Waals surface area contributed by atoms with Gasteiger partial charge in [0.25, 0.3) is 0 Å². The Morgan fingerprint density at radius 2 is 1.14 bits per heavy atom. The summed E-state index contributed by atoms with van der Waals surface area (Å²) >= 11 is 1.82. The summed E-state index contributed by atoms with van der Waals surface area (Å²) in [6.45, 7) is 0. The average Bonchev–Trinajstić information content (AvgIpc) is 2.60. The molecule has 0 atom stereocenters. The van der Waals surface area contributed by atoms with E-state index in [1.165, 1.54) is 32.4 Å². The van der Waals surface area contributed by atoms with Crippen LogP contribution in [-0.2, 0) is 0 Å². The normalized spacial score (nSPS) is 11.1. The van der Waals surface area contributed by atoms with Crippen molar-refractivity contribution in [3.63, 3.8) is 0 Å². The Morgan fingerprint density at radius 1 is 0.636 bits per heavy atom. The minimum absolute atomic E-state index is 1.20. The summed E-state index contributed by atoms with van der Waals surface area (Å²) in [6.07, 6.45) is 2.15. The Labute approximate surface area is 134 Å². The Morgan fingerprint density at radius 3 is 1.68 bits per heavy atom. The number of rotatable bonds is 2. The predicted molar refractivity (Wildman–Crippen MR) is 94.8 cm³/mol. The first-order valence-corrected chi connectivity index (χ1v) is 8.57. The van der Waals surface area contributed by atoms with Gasteiger partial charge in [-0.25, -0.2) is 0 Å². The van der Waals surface area contributed by atoms with Crippen LogP contribution in [0, 0.1) is 0 Å². The molecule has 1 nitrogen and oxygen atoms in total. The first kappa shape index (κ1) is 13.4. The molecule has 0 saturated carbocycles. The zero-order valence-electron chi connectivity index (χ0n) is 12.4. The third-order valence-electron chi connectivity index (χ3n) is 4.00. The Kier molecular flexibility index (Phi) is 3.32. The highest BCUT2D eigenvalue weighted by Crippen LogP contribution is 2.32. The third kappa shape index (κ3) is 1.99. The Hall–Kier alpha value is -2.32. The summed E-state index contributed by atoms with van der Waals surface area (Å²) in [5, 5.41) is 2.61. The fourth-order valence-corrected chi connectivity index (χ4v) is 3.86. The maximum Gasteiger partial charge on any atom is 0.220 e. The van der Waals surface area contributed by atoms with Crippen LogP contribution in [0.25, 0.3) is 27.5 Å². The second kappa shape index (κ2) is 5.47. The standard InChI is InChI=1S/C20H16NS/c1-22-20-16-11-5-7-13-18(16)21(15-9-3-2-4-10-15)19-14-8-6-12-17(19)20/h2-14H,1H3/q+1. The molecule has 0 amide bonds. The van der Waals surface area contributed by atoms with Crippen LogP contribution in [0.1, 0.15) is 0 Å². The van der Waals surface area contributed by atoms with Crippen LogP contribution < -0.4 is 4.57 Å². The Balaban J connectivity index is 2.27. The van der Waals surface area contributed by atoms with Gasteiger partial charge >= 0.3 is 0 Å². The molecule has 0 bridgehead atoms. The molecule has 0 spiro atoms. The summed E-state index contributed by atoms with van der Waals surface area (Å²) in [4.78, 5) is 1.35. The van der Waals surface area contributed by atoms with E-state index in [-0.39, 0.29) is 0 Å². The van der Waals surface area contributed by atoms with Crippen molar-refractivity contribution in [2.45, 2.75) is 4.90 Å². The number of benzene rings is 3. The van der Waals surface area contributed by atoms with Crippen LogP contribution in [0.4, 0.5) is 0 Å². The molecule has 0 radical (unpaired) electrons. The third-order valence-corrected chi connectivity index (χ3v) is 4.85. The second-order valence-corrected chi connectivity index (χ2v) is 6.06. The summed E-state index contributed by atoms with van der Waals surface area (Å²) in [7, 11) is 0. The van der Waals surface area contributed by atoms with Gasteiger partial charge in [-0.15, -0.1) is 11.8 Å². The van der Waals surface area contributed by atoms with Crippen molar-refractivity contribution in [2.75, 3.05) is 6.26 Å². The molecule has 0 unspecified atom stereocenters. The van der Waals surface area contributed by atoms with Crippen LogP contribution in [0.5, 0.6) is 0 Å². The molecule has 0 fully saturated rings. The lowest BCUT2D eigenvalue weighted by Gasteiger charge is -2.09. The van der Waals surface area contributed by atoms with Crippen molar-refractivity contribution in [1.82, 2.24) is 0 Å². The van der Waals surface area contributed by atoms with Gasteiger partial charge < -0.3 is 0 Å². The number of para-hydroxylation sites is 3. The maximum atomic E-state index is 2.35. The highest BCUT2D eigenvalue weighted by molar-refractivity contribution is 7.99. The van der Waals surface area contributed by atoms with Crippen molar-refractivity contribution < 1.29 is 4.57 Å². The number of thioether (sulfide) groups is 1. The van der Waals surface area contributed by atoms with E-state index in [0.717, 1.165) is 0 Å². The molecule has 3 aromatic carbocycles. The number of hydrogen-bond acceptors (Lipinski definition) is 1. The van der Waals surface area contributed by atoms with E-state index in [9.17, 15) is 0 Å². The van der Waals surface area contributed by atoms with E-state index in [2.05, 4.69) is 89.7 Å². The quantitative estimate of drug-likeness (QED) is 0.286. The molecule has 2 heteroatoms. The molecule has 1 aromatic heterocycles. The molecule has 0 saturated heterocycles. The van der Waals surface area contributed by atoms with Gasteiger partial charge in [-0.2, -0.15) is 4.57 Å². The molecule has 0 N–H and O–H groups in total. The van der Waals surface area contributed by atoms with E-state index in [4.69, 9.17) is 0 Å². The van der Waals surface area contributed by atoms with E-state index in [1.807, 2.05) is 11.8 Å². The summed E-state index contributed by atoms with van der Waals surface area (Å²) < 4.78 is 2.35. The fourth-order valence-electron chi connectivity index (χ4n) is 3.07. The number of hydrogen-bond donors (Lipinski definition) is 0. The van der Waals surface area contributed by atoms with E-state index in [0.29, 0.717) is 0 Å². The maximum absolute atomic E-state index is 2.35. The second-order valence-electron chi connectivity index (χ2n) is 5.24. The lowest BCUT2D eigenvalue weighted by molar-refractivity contribution is -0.538. The van der Waals surface area contributed by atoms with E-state index >= 15 is 0 Å². The van der Waals surface area contributed by atoms with Gasteiger partial charge in [0.2, 0.25) is 16.7 Å². The van der Waals surface area contributed by atoms with Gasteiger partial charge in [0, 0.05) is 29.2 Å². The minimum atomic E-state index is 1.20. The van der Waals surface area contributed by atoms with Crippen LogP contribution >= 0.6 is 11.8 Å². The SMILES string of the molecule is CSc1c2ccccc2[n+](-c2ccccc2)c2ccccc12. The summed E-state index contributed by atoms with van der Waals surface area (Å²) in [5.74, 6) is 0. The lowest BCUT2D eigenvalue weighted by atomic mass is 10.1. The number of nitrogens with zero attached hydrogens (tertiary/aromatic N) is 1. The first-order valence-electron chi connectivity index (χ1n) is 7.35. The minimum Gasteiger partial charge on any atom is -0.153 e. The molecule has 4 rings (SSSR count). The molecule has 0 aliphatic heterocycles. The zero-order valence-corrected chi connectivity index (χ0v) is 13.2. The summed E-state index contributed by atoms with van der Waals surface area (Å²) in [6, 6.07) is 27.9. The van der Waals surface area contributed by atoms with Gasteiger partial charge in [-0.3, -0.25) is 0 Å². The molecule has 1 heterocycles. The average molecular weight is 302 g/mol. The Bertz CT molecular complexity index is 904. The zero-order chi connectivity index (χ0) is 14.9. The number of pyridine rings is 1. The lowest BCUT2D eigenvalue weighted by Crippen LogP contribution is -2.32. The highest BCUT2D eigenvalue weighted by atomic mass is 32.2. The van der Waals surface area contributed by atoms with Crippen molar-refractivity contribution >= 4 is 33.6 Å². The van der Waals surface area contributed by atoms with Crippen LogP contribution in [0.15, 0.2) is 83.8 Å². The van der Waals surface area contributed by atoms with Crippen molar-refractivity contribution in [2.24, 2.45) is 0 Å². The van der Waals surface area contributed by atoms with Gasteiger partial charge in [0.15, 0.2) is 0 Å². The molecular weight excluding hydrogens is 286 g/mol. The largest absolute Gasteiger partial charge is 0.220 e. The monoisotopic (exact) mass is 302 g/mol. The van der Waals surface area contributed by atoms with E-state index < -0.39 is 0 Å². The van der Waals surface area contributed by atoms with Crippen LogP contribution in [0.2, 0.25) is 0 Å². The van der Waals surface area contributed by atoms with Crippen LogP contribution in [-0.4, -0.2) is 6.26 Å². The van der Waals surface area contributed by atoms with E-state index in [1.54, 1.807) is 0 Å². The predicted octanol–water partition coefficient (Wildman–Crippen LogP) is 4.99. The fraction of sp³-hybridized carbons (Fsp3) is 0.0500. The van der Waals surface area contributed by atoms with Crippen molar-refractivity contribution in [1.29, 1.82) is 0 Å². The number of fused-ring (bicyclic) bond motifs is 2. The molecular formula is C20H16NS+. The molecule has 22 heavy (non-hydrogen) atoms. The summed E-state index contributed by atoms with van der Waals surface area (Å²) in [5.41, 5.74) is 3.69. The van der Waals surface area contributed by atoms with Gasteiger partial charge in [-0.1, -0.05) is 42.5 Å². The smallest absolute Gasteiger partial charge is 0.153 e. The molecule has 4 aromatic rings. The van der Waals surface area contributed by atoms with Crippen molar-refractivity contribution in [3.8, 4) is 5.69 Å². The van der Waals surface area contributed by atoms with Crippen LogP contribution in [0.3, 0.4) is 0 Å². The highest BCUT2D eigenvalue weighted by Gasteiger charge is 2.20. The molecule has 0 aliphatic carbocycles. The molecule has 106 valence electrons. The van der Waals surface area contributed by atoms with Gasteiger partial charge in [0.05, 0.1) is 10.8 Å².